The van der Waals surface area contributed by atoms with Crippen LogP contribution >= 0.6 is 0 Å². The molecular formula is C13H10N2O3SZn. The number of rotatable bonds is 2. The summed E-state index contributed by atoms with van der Waals surface area (Å²) >= 11 is 0. The Morgan fingerprint density at radius 1 is 1.00 bits per heavy atom. The van der Waals surface area contributed by atoms with Crippen molar-refractivity contribution in [3.8, 4) is 11.1 Å². The molecule has 3 aromatic rings. The number of hydrogen-bond acceptors (Lipinski definition) is 3. The maximum atomic E-state index is 11.1. The van der Waals surface area contributed by atoms with Gasteiger partial charge in [0, 0.05) is 25.0 Å². The molecule has 0 unspecified atom stereocenters. The van der Waals surface area contributed by atoms with Crippen molar-refractivity contribution >= 4 is 21.2 Å². The Kier molecular flexibility index (Phi) is 4.04. The largest absolute Gasteiger partial charge is 0.328 e. The van der Waals surface area contributed by atoms with Gasteiger partial charge >= 0.3 is 10.1 Å². The van der Waals surface area contributed by atoms with Crippen LogP contribution in [0, 0.1) is 0 Å². The Hall–Kier alpha value is -1.56. The summed E-state index contributed by atoms with van der Waals surface area (Å²) in [5.74, 6) is 0. The molecule has 1 aromatic heterocycles. The summed E-state index contributed by atoms with van der Waals surface area (Å²) in [6.07, 6.45) is 0. The number of aromatic nitrogens is 2. The summed E-state index contributed by atoms with van der Waals surface area (Å²) in [6, 6.07) is 14.9. The predicted octanol–water partition coefficient (Wildman–Crippen LogP) is 2.47. The van der Waals surface area contributed by atoms with E-state index in [1.54, 1.807) is 12.1 Å². The van der Waals surface area contributed by atoms with Crippen LogP contribution in [0.25, 0.3) is 22.2 Å². The first-order valence-electron chi connectivity index (χ1n) is 5.57. The smallest absolute Gasteiger partial charge is 0.327 e. The second-order valence-electron chi connectivity index (χ2n) is 4.08. The number of imidazole rings is 1. The van der Waals surface area contributed by atoms with Gasteiger partial charge in [-0.3, -0.25) is 4.55 Å². The Balaban J connectivity index is 0.00000147. The van der Waals surface area contributed by atoms with Crippen molar-refractivity contribution in [3.63, 3.8) is 0 Å². The standard InChI is InChI=1S/C13H10N2O3S.Zn/c16-19(17,18)13-14-11-8-4-7-10(12(11)15-13)9-5-2-1-3-6-9;/h1-8H,(H,14,15)(H,16,17,18);. The molecule has 1 heterocycles. The first-order valence-corrected chi connectivity index (χ1v) is 7.01. The molecule has 0 radical (unpaired) electrons. The number of nitrogens with one attached hydrogen (secondary N) is 1. The van der Waals surface area contributed by atoms with Gasteiger partial charge < -0.3 is 4.98 Å². The second kappa shape index (κ2) is 5.44. The number of fused-ring (bicyclic) bond motifs is 1. The van der Waals surface area contributed by atoms with Crippen LogP contribution in [0.4, 0.5) is 0 Å². The summed E-state index contributed by atoms with van der Waals surface area (Å²) < 4.78 is 31.3. The zero-order valence-electron chi connectivity index (χ0n) is 10.4. The summed E-state index contributed by atoms with van der Waals surface area (Å²) in [7, 11) is -4.33. The van der Waals surface area contributed by atoms with E-state index >= 15 is 0 Å². The molecule has 0 aliphatic heterocycles. The van der Waals surface area contributed by atoms with Crippen molar-refractivity contribution in [1.29, 1.82) is 0 Å². The third-order valence-electron chi connectivity index (χ3n) is 2.82. The Labute approximate surface area is 128 Å². The normalized spacial score (nSPS) is 11.2. The van der Waals surface area contributed by atoms with Gasteiger partial charge in [-0.15, -0.1) is 0 Å². The van der Waals surface area contributed by atoms with Crippen LogP contribution in [0.5, 0.6) is 0 Å². The van der Waals surface area contributed by atoms with Crippen LogP contribution in [-0.2, 0) is 29.6 Å². The molecule has 5 nitrogen and oxygen atoms in total. The van der Waals surface area contributed by atoms with Crippen molar-refractivity contribution < 1.29 is 32.4 Å². The van der Waals surface area contributed by atoms with Gasteiger partial charge in [0.2, 0.25) is 0 Å². The molecule has 3 rings (SSSR count). The Morgan fingerprint density at radius 3 is 2.35 bits per heavy atom. The summed E-state index contributed by atoms with van der Waals surface area (Å²) in [4.78, 5) is 6.56. The van der Waals surface area contributed by atoms with Gasteiger partial charge in [0.25, 0.3) is 5.16 Å². The molecule has 0 amide bonds. The Bertz CT molecular complexity index is 844. The number of nitrogens with zero attached hydrogens (tertiary/aromatic N) is 1. The van der Waals surface area contributed by atoms with E-state index in [0.717, 1.165) is 11.1 Å². The minimum absolute atomic E-state index is 0. The van der Waals surface area contributed by atoms with Crippen LogP contribution < -0.4 is 0 Å². The van der Waals surface area contributed by atoms with Crippen molar-refractivity contribution in [3.05, 3.63) is 48.5 Å². The molecule has 0 aliphatic carbocycles. The third-order valence-corrected chi connectivity index (χ3v) is 3.50. The average Bonchev–Trinajstić information content (AvgIpc) is 2.83. The van der Waals surface area contributed by atoms with Crippen LogP contribution in [0.1, 0.15) is 0 Å². The minimum Gasteiger partial charge on any atom is -0.327 e. The van der Waals surface area contributed by atoms with Crippen LogP contribution in [0.3, 0.4) is 0 Å². The van der Waals surface area contributed by atoms with E-state index in [0.29, 0.717) is 11.0 Å². The van der Waals surface area contributed by atoms with E-state index in [-0.39, 0.29) is 19.5 Å². The van der Waals surface area contributed by atoms with E-state index in [2.05, 4.69) is 9.97 Å². The number of H-pyrrole nitrogens is 1. The van der Waals surface area contributed by atoms with Crippen LogP contribution in [0.2, 0.25) is 0 Å². The van der Waals surface area contributed by atoms with Gasteiger partial charge in [0.1, 0.15) is 0 Å². The van der Waals surface area contributed by atoms with E-state index in [4.69, 9.17) is 4.55 Å². The first kappa shape index (κ1) is 14.8. The molecule has 0 atom stereocenters. The summed E-state index contributed by atoms with van der Waals surface area (Å²) in [5.41, 5.74) is 2.82. The number of para-hydroxylation sites is 1. The van der Waals surface area contributed by atoms with Crippen LogP contribution in [0.15, 0.2) is 53.7 Å². The molecule has 20 heavy (non-hydrogen) atoms. The number of aromatic amines is 1. The molecule has 0 spiro atoms. The molecule has 0 fully saturated rings. The second-order valence-corrected chi connectivity index (χ2v) is 5.42. The maximum absolute atomic E-state index is 11.1. The summed E-state index contributed by atoms with van der Waals surface area (Å²) in [5, 5.41) is -0.439. The van der Waals surface area contributed by atoms with Crippen molar-refractivity contribution in [1.82, 2.24) is 9.97 Å². The van der Waals surface area contributed by atoms with Gasteiger partial charge in [0.05, 0.1) is 11.0 Å². The molecule has 7 heteroatoms. The van der Waals surface area contributed by atoms with Gasteiger partial charge in [-0.2, -0.15) is 8.42 Å². The molecule has 2 N–H and O–H groups in total. The number of hydrogen-bond donors (Lipinski definition) is 2. The fraction of sp³-hybridized carbons (Fsp3) is 0. The predicted molar refractivity (Wildman–Crippen MR) is 71.3 cm³/mol. The fourth-order valence-electron chi connectivity index (χ4n) is 1.98. The van der Waals surface area contributed by atoms with E-state index < -0.39 is 15.3 Å². The van der Waals surface area contributed by atoms with E-state index in [9.17, 15) is 8.42 Å². The average molecular weight is 340 g/mol. The molecule has 2 aromatic carbocycles. The minimum atomic E-state index is -4.33. The van der Waals surface area contributed by atoms with E-state index in [1.807, 2.05) is 36.4 Å². The van der Waals surface area contributed by atoms with Gasteiger partial charge in [0.15, 0.2) is 0 Å². The van der Waals surface area contributed by atoms with Gasteiger partial charge in [-0.25, -0.2) is 4.98 Å². The van der Waals surface area contributed by atoms with Crippen LogP contribution in [-0.4, -0.2) is 22.9 Å². The quantitative estimate of drug-likeness (QED) is 0.555. The Morgan fingerprint density at radius 2 is 1.70 bits per heavy atom. The monoisotopic (exact) mass is 338 g/mol. The van der Waals surface area contributed by atoms with Crippen molar-refractivity contribution in [2.75, 3.05) is 0 Å². The molecule has 0 saturated heterocycles. The van der Waals surface area contributed by atoms with E-state index in [1.165, 1.54) is 0 Å². The van der Waals surface area contributed by atoms with Gasteiger partial charge in [-0.1, -0.05) is 42.5 Å². The molecule has 98 valence electrons. The summed E-state index contributed by atoms with van der Waals surface area (Å²) in [6.45, 7) is 0. The molecular weight excluding hydrogens is 330 g/mol. The zero-order valence-corrected chi connectivity index (χ0v) is 14.2. The number of benzene rings is 2. The third kappa shape index (κ3) is 2.65. The SMILES string of the molecule is O=S(=O)(O)c1nc2c(-c3ccccc3)cccc2[nH]1.[Zn]. The first-order chi connectivity index (χ1) is 9.05. The topological polar surface area (TPSA) is 83.1 Å². The van der Waals surface area contributed by atoms with Crippen molar-refractivity contribution in [2.45, 2.75) is 5.16 Å². The van der Waals surface area contributed by atoms with Gasteiger partial charge in [-0.05, 0) is 11.6 Å². The molecule has 0 bridgehead atoms. The van der Waals surface area contributed by atoms with Crippen molar-refractivity contribution in [2.24, 2.45) is 0 Å². The molecule has 0 saturated carbocycles. The zero-order chi connectivity index (χ0) is 13.5. The molecule has 0 aliphatic rings. The fourth-order valence-corrected chi connectivity index (χ4v) is 2.43. The maximum Gasteiger partial charge on any atom is 0.328 e.